The Labute approximate surface area is 125 Å². The summed E-state index contributed by atoms with van der Waals surface area (Å²) >= 11 is 1.71. The van der Waals surface area contributed by atoms with E-state index in [9.17, 15) is 0 Å². The predicted octanol–water partition coefficient (Wildman–Crippen LogP) is 4.65. The molecule has 3 heteroatoms. The molecule has 0 bridgehead atoms. The molecule has 0 fully saturated rings. The monoisotopic (exact) mass is 289 g/mol. The van der Waals surface area contributed by atoms with Crippen molar-refractivity contribution in [1.29, 1.82) is 0 Å². The van der Waals surface area contributed by atoms with E-state index in [1.807, 2.05) is 19.1 Å². The van der Waals surface area contributed by atoms with Crippen molar-refractivity contribution in [1.82, 2.24) is 0 Å². The van der Waals surface area contributed by atoms with Crippen LogP contribution in [0.25, 0.3) is 0 Å². The van der Waals surface area contributed by atoms with E-state index in [0.29, 0.717) is 5.92 Å². The Morgan fingerprint density at radius 2 is 1.90 bits per heavy atom. The van der Waals surface area contributed by atoms with Crippen molar-refractivity contribution in [2.45, 2.75) is 45.8 Å². The van der Waals surface area contributed by atoms with Crippen molar-refractivity contribution in [3.8, 4) is 5.75 Å². The Balaban J connectivity index is 2.25. The van der Waals surface area contributed by atoms with E-state index in [0.717, 1.165) is 5.75 Å². The summed E-state index contributed by atoms with van der Waals surface area (Å²) in [6.07, 6.45) is -0.0857. The van der Waals surface area contributed by atoms with Crippen molar-refractivity contribution < 1.29 is 4.74 Å². The lowest BCUT2D eigenvalue weighted by atomic mass is 10.0. The molecule has 0 spiro atoms. The number of aryl methyl sites for hydroxylation is 1. The van der Waals surface area contributed by atoms with Gasteiger partial charge in [-0.05, 0) is 54.5 Å². The maximum atomic E-state index is 6.18. The van der Waals surface area contributed by atoms with Gasteiger partial charge in [-0.3, -0.25) is 0 Å². The molecule has 20 heavy (non-hydrogen) atoms. The third-order valence-electron chi connectivity index (χ3n) is 3.43. The fraction of sp³-hybridized carbons (Fsp3) is 0.412. The number of thiophene rings is 1. The number of hydrogen-bond donors (Lipinski definition) is 1. The summed E-state index contributed by atoms with van der Waals surface area (Å²) in [6, 6.07) is 10.4. The van der Waals surface area contributed by atoms with Crippen LogP contribution >= 0.6 is 11.3 Å². The van der Waals surface area contributed by atoms with Gasteiger partial charge >= 0.3 is 0 Å². The highest BCUT2D eigenvalue weighted by atomic mass is 32.1. The Hall–Kier alpha value is -1.32. The van der Waals surface area contributed by atoms with Crippen molar-refractivity contribution in [3.05, 3.63) is 51.7 Å². The maximum Gasteiger partial charge on any atom is 0.148 e. The second-order valence-corrected chi connectivity index (χ2v) is 6.54. The third kappa shape index (κ3) is 3.41. The van der Waals surface area contributed by atoms with Gasteiger partial charge in [-0.25, -0.2) is 0 Å². The molecule has 0 radical (unpaired) electrons. The molecule has 1 aromatic heterocycles. The third-order valence-corrected chi connectivity index (χ3v) is 4.51. The first kappa shape index (κ1) is 15.1. The van der Waals surface area contributed by atoms with Crippen LogP contribution in [0.15, 0.2) is 35.7 Å². The van der Waals surface area contributed by atoms with Gasteiger partial charge in [-0.1, -0.05) is 26.0 Å². The number of benzene rings is 1. The van der Waals surface area contributed by atoms with Crippen molar-refractivity contribution in [2.75, 3.05) is 0 Å². The zero-order valence-corrected chi connectivity index (χ0v) is 13.4. The summed E-state index contributed by atoms with van der Waals surface area (Å²) in [5.74, 6) is 1.39. The summed E-state index contributed by atoms with van der Waals surface area (Å²) in [6.45, 7) is 8.47. The summed E-state index contributed by atoms with van der Waals surface area (Å²) < 4.78 is 6.18. The van der Waals surface area contributed by atoms with Gasteiger partial charge in [-0.15, -0.1) is 11.3 Å². The number of ether oxygens (including phenoxy) is 1. The minimum absolute atomic E-state index is 0.0462. The highest BCUT2D eigenvalue weighted by Crippen LogP contribution is 2.31. The molecule has 108 valence electrons. The van der Waals surface area contributed by atoms with Gasteiger partial charge in [0.2, 0.25) is 0 Å². The lowest BCUT2D eigenvalue weighted by molar-refractivity contribution is 0.183. The van der Waals surface area contributed by atoms with E-state index in [1.54, 1.807) is 11.3 Å². The standard InChI is InChI=1S/C17H23NOS/c1-11(2)14-6-5-7-15(10-14)19-16(13(4)18)17-12(3)8-9-20-17/h5-11,13,16H,18H2,1-4H3. The zero-order chi connectivity index (χ0) is 14.7. The normalized spacial score (nSPS) is 14.3. The van der Waals surface area contributed by atoms with Crippen LogP contribution in [0.3, 0.4) is 0 Å². The SMILES string of the molecule is Cc1ccsc1C(Oc1cccc(C(C)C)c1)C(C)N. The molecule has 0 aliphatic heterocycles. The van der Waals surface area contributed by atoms with Crippen LogP contribution in [0.5, 0.6) is 5.75 Å². The zero-order valence-electron chi connectivity index (χ0n) is 12.6. The molecule has 2 unspecified atom stereocenters. The van der Waals surface area contributed by atoms with E-state index >= 15 is 0 Å². The minimum Gasteiger partial charge on any atom is -0.483 e. The molecular weight excluding hydrogens is 266 g/mol. The second kappa shape index (κ2) is 6.42. The fourth-order valence-electron chi connectivity index (χ4n) is 2.17. The Bertz CT molecular complexity index is 560. The van der Waals surface area contributed by atoms with Gasteiger partial charge < -0.3 is 10.5 Å². The maximum absolute atomic E-state index is 6.18. The van der Waals surface area contributed by atoms with Crippen molar-refractivity contribution >= 4 is 11.3 Å². The molecule has 0 saturated heterocycles. The molecule has 1 heterocycles. The molecule has 2 aromatic rings. The van der Waals surface area contributed by atoms with E-state index in [1.165, 1.54) is 16.0 Å². The van der Waals surface area contributed by atoms with Crippen molar-refractivity contribution in [3.63, 3.8) is 0 Å². The lowest BCUT2D eigenvalue weighted by Gasteiger charge is -2.23. The molecule has 1 aromatic carbocycles. The highest BCUT2D eigenvalue weighted by molar-refractivity contribution is 7.10. The summed E-state index contributed by atoms with van der Waals surface area (Å²) in [5, 5.41) is 2.09. The number of hydrogen-bond acceptors (Lipinski definition) is 3. The first-order valence-corrected chi connectivity index (χ1v) is 7.93. The van der Waals surface area contributed by atoms with E-state index < -0.39 is 0 Å². The van der Waals surface area contributed by atoms with Gasteiger partial charge in [-0.2, -0.15) is 0 Å². The summed E-state index contributed by atoms with van der Waals surface area (Å²) in [4.78, 5) is 1.22. The molecule has 2 rings (SSSR count). The van der Waals surface area contributed by atoms with E-state index in [2.05, 4.69) is 44.4 Å². The smallest absolute Gasteiger partial charge is 0.148 e. The van der Waals surface area contributed by atoms with Crippen LogP contribution in [-0.2, 0) is 0 Å². The lowest BCUT2D eigenvalue weighted by Crippen LogP contribution is -2.28. The second-order valence-electron chi connectivity index (χ2n) is 5.59. The molecular formula is C17H23NOS. The molecule has 0 amide bonds. The number of nitrogens with two attached hydrogens (primary N) is 1. The average Bonchev–Trinajstić information content (AvgIpc) is 2.82. The first-order chi connectivity index (χ1) is 9.49. The molecule has 2 atom stereocenters. The van der Waals surface area contributed by atoms with Crippen LogP contribution < -0.4 is 10.5 Å². The largest absolute Gasteiger partial charge is 0.483 e. The summed E-state index contributed by atoms with van der Waals surface area (Å²) in [5.41, 5.74) is 8.66. The molecule has 0 aliphatic rings. The van der Waals surface area contributed by atoms with Gasteiger partial charge in [0.15, 0.2) is 0 Å². The molecule has 2 N–H and O–H groups in total. The topological polar surface area (TPSA) is 35.2 Å². The Morgan fingerprint density at radius 1 is 1.15 bits per heavy atom. The van der Waals surface area contributed by atoms with Crippen LogP contribution in [0, 0.1) is 6.92 Å². The van der Waals surface area contributed by atoms with Gasteiger partial charge in [0, 0.05) is 10.9 Å². The molecule has 0 aliphatic carbocycles. The van der Waals surface area contributed by atoms with Gasteiger partial charge in [0.1, 0.15) is 11.9 Å². The van der Waals surface area contributed by atoms with Crippen LogP contribution in [-0.4, -0.2) is 6.04 Å². The van der Waals surface area contributed by atoms with Crippen molar-refractivity contribution in [2.24, 2.45) is 5.73 Å². The van der Waals surface area contributed by atoms with Crippen LogP contribution in [0.2, 0.25) is 0 Å². The average molecular weight is 289 g/mol. The van der Waals surface area contributed by atoms with E-state index in [4.69, 9.17) is 10.5 Å². The highest BCUT2D eigenvalue weighted by Gasteiger charge is 2.21. The Kier molecular flexibility index (Phi) is 4.84. The van der Waals surface area contributed by atoms with Gasteiger partial charge in [0.25, 0.3) is 0 Å². The van der Waals surface area contributed by atoms with E-state index in [-0.39, 0.29) is 12.1 Å². The fourth-order valence-corrected chi connectivity index (χ4v) is 3.24. The number of rotatable bonds is 5. The van der Waals surface area contributed by atoms with Crippen LogP contribution in [0.4, 0.5) is 0 Å². The first-order valence-electron chi connectivity index (χ1n) is 7.05. The molecule has 2 nitrogen and oxygen atoms in total. The Morgan fingerprint density at radius 3 is 2.45 bits per heavy atom. The van der Waals surface area contributed by atoms with Crippen LogP contribution in [0.1, 0.15) is 48.8 Å². The quantitative estimate of drug-likeness (QED) is 0.869. The minimum atomic E-state index is -0.0857. The van der Waals surface area contributed by atoms with Gasteiger partial charge in [0.05, 0.1) is 0 Å². The molecule has 0 saturated carbocycles. The predicted molar refractivity (Wildman–Crippen MR) is 86.6 cm³/mol. The summed E-state index contributed by atoms with van der Waals surface area (Å²) in [7, 11) is 0.